The standard InChI is InChI=1S/C13H13Cl2N7OS/c1-6(16-2-7-9(14)18-5-19-10(7)15)3-22-11-8(17-4-20-11)12(23)21-13(22)24/h4-6,16H,2-3H2,1H3,(H,17,20)(H,21,23,24). The number of halogens is 2. The van der Waals surface area contributed by atoms with Gasteiger partial charge in [-0.05, 0) is 19.1 Å². The zero-order valence-electron chi connectivity index (χ0n) is 12.5. The van der Waals surface area contributed by atoms with Crippen molar-refractivity contribution in [2.75, 3.05) is 0 Å². The number of imidazole rings is 1. The Morgan fingerprint density at radius 3 is 2.75 bits per heavy atom. The first-order valence-corrected chi connectivity index (χ1v) is 8.18. The molecule has 3 aromatic rings. The summed E-state index contributed by atoms with van der Waals surface area (Å²) in [6.07, 6.45) is 2.77. The molecule has 0 aliphatic rings. The largest absolute Gasteiger partial charge is 0.339 e. The predicted molar refractivity (Wildman–Crippen MR) is 93.9 cm³/mol. The number of hydrogen-bond donors (Lipinski definition) is 3. The normalized spacial score (nSPS) is 12.6. The molecule has 8 nitrogen and oxygen atoms in total. The van der Waals surface area contributed by atoms with Crippen LogP contribution in [0.3, 0.4) is 0 Å². The Morgan fingerprint density at radius 2 is 2.04 bits per heavy atom. The minimum atomic E-state index is -0.288. The smallest absolute Gasteiger partial charge is 0.277 e. The van der Waals surface area contributed by atoms with Gasteiger partial charge < -0.3 is 10.3 Å². The molecule has 24 heavy (non-hydrogen) atoms. The van der Waals surface area contributed by atoms with Gasteiger partial charge in [0.2, 0.25) is 0 Å². The Balaban J connectivity index is 1.79. The fourth-order valence-electron chi connectivity index (χ4n) is 2.28. The third-order valence-electron chi connectivity index (χ3n) is 3.49. The molecule has 0 fully saturated rings. The average Bonchev–Trinajstić information content (AvgIpc) is 3.01. The molecule has 0 aliphatic heterocycles. The van der Waals surface area contributed by atoms with Gasteiger partial charge in [0, 0.05) is 24.7 Å². The molecule has 0 saturated carbocycles. The van der Waals surface area contributed by atoms with E-state index in [4.69, 9.17) is 35.4 Å². The molecule has 0 amide bonds. The van der Waals surface area contributed by atoms with Crippen LogP contribution < -0.4 is 10.9 Å². The van der Waals surface area contributed by atoms with E-state index in [1.807, 2.05) is 6.92 Å². The predicted octanol–water partition coefficient (Wildman–Crippen LogP) is 2.06. The van der Waals surface area contributed by atoms with Gasteiger partial charge >= 0.3 is 0 Å². The molecule has 3 aromatic heterocycles. The van der Waals surface area contributed by atoms with Crippen molar-refractivity contribution >= 4 is 46.6 Å². The highest BCUT2D eigenvalue weighted by atomic mass is 35.5. The number of nitrogens with one attached hydrogen (secondary N) is 3. The topological polar surface area (TPSA) is 104 Å². The van der Waals surface area contributed by atoms with Crippen molar-refractivity contribution < 1.29 is 0 Å². The van der Waals surface area contributed by atoms with E-state index in [9.17, 15) is 4.79 Å². The zero-order valence-corrected chi connectivity index (χ0v) is 14.8. The second-order valence-corrected chi connectivity index (χ2v) is 6.29. The first-order valence-electron chi connectivity index (χ1n) is 7.02. The maximum absolute atomic E-state index is 11.8. The Labute approximate surface area is 151 Å². The maximum atomic E-state index is 11.8. The van der Waals surface area contributed by atoms with Crippen molar-refractivity contribution in [1.29, 1.82) is 0 Å². The molecule has 3 rings (SSSR count). The molecule has 0 aromatic carbocycles. The lowest BCUT2D eigenvalue weighted by molar-refractivity contribution is 0.474. The molecule has 11 heteroatoms. The highest BCUT2D eigenvalue weighted by Crippen LogP contribution is 2.19. The van der Waals surface area contributed by atoms with Crippen LogP contribution in [0.1, 0.15) is 12.5 Å². The lowest BCUT2D eigenvalue weighted by Gasteiger charge is -2.17. The summed E-state index contributed by atoms with van der Waals surface area (Å²) in [5, 5.41) is 3.90. The fourth-order valence-corrected chi connectivity index (χ4v) is 2.99. The van der Waals surface area contributed by atoms with Crippen molar-refractivity contribution in [3.8, 4) is 0 Å². The van der Waals surface area contributed by atoms with Gasteiger partial charge in [0.1, 0.15) is 22.2 Å². The van der Waals surface area contributed by atoms with Crippen molar-refractivity contribution in [3.05, 3.63) is 43.6 Å². The third kappa shape index (κ3) is 3.34. The van der Waals surface area contributed by atoms with Crippen molar-refractivity contribution in [2.45, 2.75) is 26.1 Å². The van der Waals surface area contributed by atoms with E-state index in [1.165, 1.54) is 12.7 Å². The van der Waals surface area contributed by atoms with E-state index in [0.29, 0.717) is 44.9 Å². The summed E-state index contributed by atoms with van der Waals surface area (Å²) in [5.41, 5.74) is 1.24. The number of nitrogens with zero attached hydrogens (tertiary/aromatic N) is 4. The highest BCUT2D eigenvalue weighted by molar-refractivity contribution is 7.71. The summed E-state index contributed by atoms with van der Waals surface area (Å²) in [5.74, 6) is 0. The molecule has 3 heterocycles. The van der Waals surface area contributed by atoms with Gasteiger partial charge in [-0.25, -0.2) is 15.0 Å². The van der Waals surface area contributed by atoms with Crippen LogP contribution in [0.15, 0.2) is 17.4 Å². The van der Waals surface area contributed by atoms with Gasteiger partial charge in [-0.1, -0.05) is 23.2 Å². The molecule has 0 saturated heterocycles. The number of hydrogen-bond acceptors (Lipinski definition) is 6. The Bertz CT molecular complexity index is 976. The molecule has 0 bridgehead atoms. The van der Waals surface area contributed by atoms with Crippen LogP contribution in [-0.2, 0) is 13.1 Å². The number of fused-ring (bicyclic) bond motifs is 1. The minimum absolute atomic E-state index is 0.00478. The molecule has 1 unspecified atom stereocenters. The van der Waals surface area contributed by atoms with Gasteiger partial charge in [-0.15, -0.1) is 0 Å². The monoisotopic (exact) mass is 385 g/mol. The van der Waals surface area contributed by atoms with Crippen LogP contribution >= 0.6 is 35.4 Å². The average molecular weight is 386 g/mol. The van der Waals surface area contributed by atoms with Gasteiger partial charge in [0.05, 0.1) is 6.33 Å². The van der Waals surface area contributed by atoms with Crippen LogP contribution in [0, 0.1) is 4.77 Å². The van der Waals surface area contributed by atoms with E-state index < -0.39 is 0 Å². The van der Waals surface area contributed by atoms with Gasteiger partial charge in [0.15, 0.2) is 10.4 Å². The van der Waals surface area contributed by atoms with E-state index in [-0.39, 0.29) is 11.6 Å². The molecule has 1 atom stereocenters. The van der Waals surface area contributed by atoms with Crippen LogP contribution in [0.4, 0.5) is 0 Å². The van der Waals surface area contributed by atoms with E-state index in [2.05, 4.69) is 30.2 Å². The first-order chi connectivity index (χ1) is 11.5. The summed E-state index contributed by atoms with van der Waals surface area (Å²) < 4.78 is 2.07. The van der Waals surface area contributed by atoms with Crippen LogP contribution in [0.25, 0.3) is 11.2 Å². The summed E-state index contributed by atoms with van der Waals surface area (Å²) in [4.78, 5) is 29.3. The molecular weight excluding hydrogens is 373 g/mol. The maximum Gasteiger partial charge on any atom is 0.277 e. The number of aromatic amines is 2. The Morgan fingerprint density at radius 1 is 1.33 bits per heavy atom. The van der Waals surface area contributed by atoms with Crippen molar-refractivity contribution in [1.82, 2.24) is 34.8 Å². The first kappa shape index (κ1) is 17.0. The zero-order chi connectivity index (χ0) is 17.3. The second kappa shape index (κ2) is 6.98. The number of rotatable bonds is 5. The summed E-state index contributed by atoms with van der Waals surface area (Å²) in [6.45, 7) is 2.87. The quantitative estimate of drug-likeness (QED) is 0.458. The van der Waals surface area contributed by atoms with Crippen LogP contribution in [0.2, 0.25) is 10.3 Å². The van der Waals surface area contributed by atoms with E-state index >= 15 is 0 Å². The molecular formula is C13H13Cl2N7OS. The fraction of sp³-hybridized carbons (Fsp3) is 0.308. The van der Waals surface area contributed by atoms with Crippen LogP contribution in [-0.4, -0.2) is 35.5 Å². The summed E-state index contributed by atoms with van der Waals surface area (Å²) >= 11 is 17.3. The number of aromatic nitrogens is 6. The molecule has 0 radical (unpaired) electrons. The highest BCUT2D eigenvalue weighted by Gasteiger charge is 2.13. The molecule has 3 N–H and O–H groups in total. The summed E-state index contributed by atoms with van der Waals surface area (Å²) in [7, 11) is 0. The number of H-pyrrole nitrogens is 2. The Hall–Kier alpha value is -1.81. The van der Waals surface area contributed by atoms with E-state index in [1.54, 1.807) is 4.57 Å². The SMILES string of the molecule is CC(Cn1c(=S)[nH]c(=O)c2[nH]cnc21)NCc1c(Cl)ncnc1Cl. The van der Waals surface area contributed by atoms with Crippen LogP contribution in [0.5, 0.6) is 0 Å². The molecule has 0 aliphatic carbocycles. The lowest BCUT2D eigenvalue weighted by Crippen LogP contribution is -2.31. The van der Waals surface area contributed by atoms with Gasteiger partial charge in [-0.3, -0.25) is 14.3 Å². The Kier molecular flexibility index (Phi) is 4.95. The second-order valence-electron chi connectivity index (χ2n) is 5.19. The molecule has 0 spiro atoms. The van der Waals surface area contributed by atoms with Crippen molar-refractivity contribution in [2.24, 2.45) is 0 Å². The van der Waals surface area contributed by atoms with Crippen molar-refractivity contribution in [3.63, 3.8) is 0 Å². The van der Waals surface area contributed by atoms with Gasteiger partial charge in [0.25, 0.3) is 5.56 Å². The third-order valence-corrected chi connectivity index (χ3v) is 4.47. The minimum Gasteiger partial charge on any atom is -0.339 e. The molecule has 126 valence electrons. The van der Waals surface area contributed by atoms with E-state index in [0.717, 1.165) is 0 Å². The summed E-state index contributed by atoms with van der Waals surface area (Å²) in [6, 6.07) is -0.00478. The van der Waals surface area contributed by atoms with Gasteiger partial charge in [-0.2, -0.15) is 0 Å². The lowest BCUT2D eigenvalue weighted by atomic mass is 10.2.